The normalized spacial score (nSPS) is 11.0. The van der Waals surface area contributed by atoms with Crippen molar-refractivity contribution in [1.29, 1.82) is 0 Å². The Morgan fingerprint density at radius 1 is 1.29 bits per heavy atom. The van der Waals surface area contributed by atoms with Gasteiger partial charge in [0.2, 0.25) is 5.91 Å². The Kier molecular flexibility index (Phi) is 8.16. The van der Waals surface area contributed by atoms with E-state index in [4.69, 9.17) is 14.2 Å². The number of ether oxygens (including phenoxy) is 3. The maximum absolute atomic E-state index is 11.7. The van der Waals surface area contributed by atoms with Gasteiger partial charge in [-0.3, -0.25) is 4.79 Å². The van der Waals surface area contributed by atoms with Crippen LogP contribution in [0.2, 0.25) is 0 Å². The van der Waals surface area contributed by atoms with Gasteiger partial charge in [0.15, 0.2) is 6.29 Å². The van der Waals surface area contributed by atoms with Gasteiger partial charge in [0.05, 0.1) is 13.2 Å². The second kappa shape index (κ2) is 9.96. The molecule has 0 atom stereocenters. The third kappa shape index (κ3) is 6.42. The van der Waals surface area contributed by atoms with Crippen LogP contribution in [0.25, 0.3) is 6.08 Å². The first-order valence-corrected chi connectivity index (χ1v) is 6.94. The van der Waals surface area contributed by atoms with E-state index >= 15 is 0 Å². The highest BCUT2D eigenvalue weighted by atomic mass is 16.7. The number of methoxy groups -OCH3 is 2. The molecule has 0 saturated heterocycles. The minimum Gasteiger partial charge on any atom is -0.493 e. The van der Waals surface area contributed by atoms with Crippen molar-refractivity contribution in [3.05, 3.63) is 35.9 Å². The van der Waals surface area contributed by atoms with Crippen LogP contribution in [0.1, 0.15) is 18.9 Å². The summed E-state index contributed by atoms with van der Waals surface area (Å²) in [4.78, 5) is 11.7. The Labute approximate surface area is 125 Å². The largest absolute Gasteiger partial charge is 0.493 e. The SMILES string of the molecule is CCCOc1ccccc1/C=C/C(=O)NCC(OC)OC. The topological polar surface area (TPSA) is 56.8 Å². The summed E-state index contributed by atoms with van der Waals surface area (Å²) in [6.07, 6.45) is 3.70. The first-order chi connectivity index (χ1) is 10.2. The minimum atomic E-state index is -0.442. The molecule has 0 fully saturated rings. The van der Waals surface area contributed by atoms with Crippen molar-refractivity contribution in [2.45, 2.75) is 19.6 Å². The molecule has 5 nitrogen and oxygen atoms in total. The van der Waals surface area contributed by atoms with E-state index in [1.54, 1.807) is 6.08 Å². The van der Waals surface area contributed by atoms with E-state index in [9.17, 15) is 4.79 Å². The van der Waals surface area contributed by atoms with Gasteiger partial charge in [0.25, 0.3) is 0 Å². The molecular formula is C16H23NO4. The van der Waals surface area contributed by atoms with Crippen LogP contribution in [-0.4, -0.2) is 39.6 Å². The Hall–Kier alpha value is -1.85. The first-order valence-electron chi connectivity index (χ1n) is 6.94. The lowest BCUT2D eigenvalue weighted by atomic mass is 10.2. The molecule has 0 radical (unpaired) electrons. The summed E-state index contributed by atoms with van der Waals surface area (Å²) in [5.74, 6) is 0.564. The fourth-order valence-electron chi connectivity index (χ4n) is 1.63. The lowest BCUT2D eigenvalue weighted by molar-refractivity contribution is -0.123. The Morgan fingerprint density at radius 3 is 2.67 bits per heavy atom. The predicted octanol–water partition coefficient (Wildman–Crippen LogP) is 2.22. The highest BCUT2D eigenvalue weighted by Crippen LogP contribution is 2.19. The average Bonchev–Trinajstić information content (AvgIpc) is 2.52. The third-order valence-corrected chi connectivity index (χ3v) is 2.76. The molecule has 1 amide bonds. The number of carbonyl (C=O) groups excluding carboxylic acids is 1. The molecule has 0 unspecified atom stereocenters. The lowest BCUT2D eigenvalue weighted by Crippen LogP contribution is -2.33. The van der Waals surface area contributed by atoms with Crippen LogP contribution < -0.4 is 10.1 Å². The molecule has 0 aliphatic heterocycles. The van der Waals surface area contributed by atoms with E-state index in [0.717, 1.165) is 17.7 Å². The molecule has 0 aliphatic carbocycles. The van der Waals surface area contributed by atoms with Gasteiger partial charge in [0.1, 0.15) is 5.75 Å². The quantitative estimate of drug-likeness (QED) is 0.560. The smallest absolute Gasteiger partial charge is 0.244 e. The molecule has 0 aliphatic rings. The van der Waals surface area contributed by atoms with E-state index in [0.29, 0.717) is 13.2 Å². The second-order valence-electron chi connectivity index (χ2n) is 4.37. The number of para-hydroxylation sites is 1. The van der Waals surface area contributed by atoms with Gasteiger partial charge in [-0.25, -0.2) is 0 Å². The maximum Gasteiger partial charge on any atom is 0.244 e. The predicted molar refractivity (Wildman–Crippen MR) is 82.1 cm³/mol. The van der Waals surface area contributed by atoms with E-state index in [1.165, 1.54) is 20.3 Å². The van der Waals surface area contributed by atoms with Crippen LogP contribution in [-0.2, 0) is 14.3 Å². The van der Waals surface area contributed by atoms with Crippen molar-refractivity contribution < 1.29 is 19.0 Å². The van der Waals surface area contributed by atoms with Gasteiger partial charge >= 0.3 is 0 Å². The van der Waals surface area contributed by atoms with E-state index in [1.807, 2.05) is 31.2 Å². The number of nitrogens with one attached hydrogen (secondary N) is 1. The van der Waals surface area contributed by atoms with Crippen molar-refractivity contribution in [1.82, 2.24) is 5.32 Å². The zero-order valence-electron chi connectivity index (χ0n) is 12.8. The van der Waals surface area contributed by atoms with Gasteiger partial charge in [-0.1, -0.05) is 25.1 Å². The van der Waals surface area contributed by atoms with Crippen LogP contribution >= 0.6 is 0 Å². The van der Waals surface area contributed by atoms with Crippen LogP contribution in [0, 0.1) is 0 Å². The van der Waals surface area contributed by atoms with E-state index in [-0.39, 0.29) is 5.91 Å². The molecule has 0 heterocycles. The second-order valence-corrected chi connectivity index (χ2v) is 4.37. The number of carbonyl (C=O) groups is 1. The first kappa shape index (κ1) is 17.2. The molecule has 21 heavy (non-hydrogen) atoms. The average molecular weight is 293 g/mol. The summed E-state index contributed by atoms with van der Waals surface area (Å²) in [6, 6.07) is 7.60. The number of amides is 1. The minimum absolute atomic E-state index is 0.209. The number of benzene rings is 1. The van der Waals surface area contributed by atoms with Gasteiger partial charge in [-0.2, -0.15) is 0 Å². The van der Waals surface area contributed by atoms with Crippen molar-refractivity contribution >= 4 is 12.0 Å². The molecule has 0 saturated carbocycles. The van der Waals surface area contributed by atoms with Gasteiger partial charge in [-0.05, 0) is 18.6 Å². The summed E-state index contributed by atoms with van der Waals surface area (Å²) in [5, 5.41) is 2.70. The number of hydrogen-bond acceptors (Lipinski definition) is 4. The lowest BCUT2D eigenvalue weighted by Gasteiger charge is -2.13. The number of rotatable bonds is 9. The molecule has 0 bridgehead atoms. The van der Waals surface area contributed by atoms with E-state index in [2.05, 4.69) is 5.32 Å². The summed E-state index contributed by atoms with van der Waals surface area (Å²) in [7, 11) is 3.05. The maximum atomic E-state index is 11.7. The highest BCUT2D eigenvalue weighted by molar-refractivity contribution is 5.92. The molecule has 1 rings (SSSR count). The van der Waals surface area contributed by atoms with E-state index < -0.39 is 6.29 Å². The molecule has 1 N–H and O–H groups in total. The number of hydrogen-bond donors (Lipinski definition) is 1. The summed E-state index contributed by atoms with van der Waals surface area (Å²) in [5.41, 5.74) is 0.871. The molecule has 1 aromatic rings. The molecular weight excluding hydrogens is 270 g/mol. The molecule has 116 valence electrons. The molecule has 0 aromatic heterocycles. The third-order valence-electron chi connectivity index (χ3n) is 2.76. The van der Waals surface area contributed by atoms with Crippen molar-refractivity contribution in [3.8, 4) is 5.75 Å². The molecule has 0 spiro atoms. The Bertz CT molecular complexity index is 455. The van der Waals surface area contributed by atoms with Crippen molar-refractivity contribution in [2.75, 3.05) is 27.4 Å². The van der Waals surface area contributed by atoms with Gasteiger partial charge in [0, 0.05) is 25.9 Å². The fraction of sp³-hybridized carbons (Fsp3) is 0.438. The molecule has 5 heteroatoms. The Morgan fingerprint density at radius 2 is 2.00 bits per heavy atom. The van der Waals surface area contributed by atoms with Crippen LogP contribution in [0.3, 0.4) is 0 Å². The summed E-state index contributed by atoms with van der Waals surface area (Å²) < 4.78 is 15.6. The van der Waals surface area contributed by atoms with Crippen LogP contribution in [0.15, 0.2) is 30.3 Å². The Balaban J connectivity index is 2.57. The zero-order valence-corrected chi connectivity index (χ0v) is 12.8. The standard InChI is InChI=1S/C16H23NO4/c1-4-11-21-14-8-6-5-7-13(14)9-10-15(18)17-12-16(19-2)20-3/h5-10,16H,4,11-12H2,1-3H3,(H,17,18)/b10-9+. The van der Waals surface area contributed by atoms with Gasteiger partial charge in [-0.15, -0.1) is 0 Å². The summed E-state index contributed by atoms with van der Waals surface area (Å²) >= 11 is 0. The monoisotopic (exact) mass is 293 g/mol. The van der Waals surface area contributed by atoms with Crippen LogP contribution in [0.4, 0.5) is 0 Å². The van der Waals surface area contributed by atoms with Crippen molar-refractivity contribution in [3.63, 3.8) is 0 Å². The summed E-state index contributed by atoms with van der Waals surface area (Å²) in [6.45, 7) is 3.00. The van der Waals surface area contributed by atoms with Crippen molar-refractivity contribution in [2.24, 2.45) is 0 Å². The van der Waals surface area contributed by atoms with Gasteiger partial charge < -0.3 is 19.5 Å². The highest BCUT2D eigenvalue weighted by Gasteiger charge is 2.06. The van der Waals surface area contributed by atoms with Crippen LogP contribution in [0.5, 0.6) is 5.75 Å². The molecule has 1 aromatic carbocycles. The zero-order chi connectivity index (χ0) is 15.5. The fourth-order valence-corrected chi connectivity index (χ4v) is 1.63.